The predicted molar refractivity (Wildman–Crippen MR) is 172 cm³/mol. The minimum atomic E-state index is -0.504. The van der Waals surface area contributed by atoms with Gasteiger partial charge in [-0.1, -0.05) is 103 Å². The quantitative estimate of drug-likeness (QED) is 0.0644. The van der Waals surface area contributed by atoms with Gasteiger partial charge in [0.05, 0.1) is 36.4 Å². The van der Waals surface area contributed by atoms with Crippen LogP contribution in [0.1, 0.15) is 174 Å². The van der Waals surface area contributed by atoms with Crippen LogP contribution in [0.4, 0.5) is 0 Å². The molecule has 43 heavy (non-hydrogen) atoms. The van der Waals surface area contributed by atoms with Gasteiger partial charge in [0.15, 0.2) is 0 Å². The van der Waals surface area contributed by atoms with Crippen LogP contribution in [0.25, 0.3) is 0 Å². The molecule has 2 aliphatic heterocycles. The first kappa shape index (κ1) is 38.2. The Labute approximate surface area is 262 Å². The van der Waals surface area contributed by atoms with Crippen LogP contribution >= 0.6 is 0 Å². The zero-order valence-corrected chi connectivity index (χ0v) is 27.7. The van der Waals surface area contributed by atoms with Crippen molar-refractivity contribution in [3.05, 3.63) is 0 Å². The standard InChI is InChI=1S/C36H66O7/c1-3-4-5-6-7-8-9-10-11-12-16-22-32(39)34-24-25-35(43-34)33(40)23-18-17-20-30(38)19-14-13-15-21-31-27-29(26-28(2)37)36(41)42-31/h29-35,38-40H,3-27H2,1-2H3/t29?,30-,31?,32-,33-,34-,35-/m1/s1. The summed E-state index contributed by atoms with van der Waals surface area (Å²) in [6, 6.07) is 0. The number of esters is 1. The minimum absolute atomic E-state index is 0.0339. The molecule has 2 saturated heterocycles. The van der Waals surface area contributed by atoms with E-state index in [2.05, 4.69) is 6.92 Å². The molecule has 0 aromatic heterocycles. The monoisotopic (exact) mass is 610 g/mol. The lowest BCUT2D eigenvalue weighted by Crippen LogP contribution is -2.31. The number of aliphatic hydroxyl groups is 3. The summed E-state index contributed by atoms with van der Waals surface area (Å²) in [5.74, 6) is -0.459. The number of rotatable bonds is 27. The first-order chi connectivity index (χ1) is 20.8. The van der Waals surface area contributed by atoms with Crippen LogP contribution in [0.3, 0.4) is 0 Å². The maximum atomic E-state index is 11.8. The van der Waals surface area contributed by atoms with Crippen LogP contribution < -0.4 is 0 Å². The molecule has 3 N–H and O–H groups in total. The van der Waals surface area contributed by atoms with Crippen molar-refractivity contribution >= 4 is 11.8 Å². The largest absolute Gasteiger partial charge is 0.462 e. The number of aliphatic hydroxyl groups excluding tert-OH is 3. The molecule has 2 rings (SSSR count). The Kier molecular flexibility index (Phi) is 20.7. The molecule has 0 radical (unpaired) electrons. The highest BCUT2D eigenvalue weighted by atomic mass is 16.6. The second-order valence-electron chi connectivity index (χ2n) is 13.7. The van der Waals surface area contributed by atoms with Gasteiger partial charge in [-0.05, 0) is 64.7 Å². The molecule has 0 saturated carbocycles. The minimum Gasteiger partial charge on any atom is -0.462 e. The Morgan fingerprint density at radius 3 is 1.74 bits per heavy atom. The van der Waals surface area contributed by atoms with E-state index in [9.17, 15) is 24.9 Å². The molecule has 7 nitrogen and oxygen atoms in total. The highest BCUT2D eigenvalue weighted by molar-refractivity contribution is 5.83. The summed E-state index contributed by atoms with van der Waals surface area (Å²) >= 11 is 0. The fourth-order valence-corrected chi connectivity index (χ4v) is 6.86. The Morgan fingerprint density at radius 2 is 1.19 bits per heavy atom. The van der Waals surface area contributed by atoms with Crippen molar-refractivity contribution in [3.63, 3.8) is 0 Å². The molecule has 0 aromatic carbocycles. The number of Topliss-reactive ketones (excluding diaryl/α,β-unsaturated/α-hetero) is 1. The maximum absolute atomic E-state index is 11.8. The van der Waals surface area contributed by atoms with Gasteiger partial charge in [0.25, 0.3) is 0 Å². The zero-order valence-electron chi connectivity index (χ0n) is 27.7. The Morgan fingerprint density at radius 1 is 0.721 bits per heavy atom. The van der Waals surface area contributed by atoms with Gasteiger partial charge in [-0.3, -0.25) is 4.79 Å². The van der Waals surface area contributed by atoms with Gasteiger partial charge in [0.1, 0.15) is 11.9 Å². The van der Waals surface area contributed by atoms with Crippen LogP contribution in [0.2, 0.25) is 0 Å². The van der Waals surface area contributed by atoms with Crippen molar-refractivity contribution < 1.29 is 34.4 Å². The number of ketones is 1. The van der Waals surface area contributed by atoms with Crippen molar-refractivity contribution in [2.24, 2.45) is 5.92 Å². The van der Waals surface area contributed by atoms with Gasteiger partial charge < -0.3 is 29.6 Å². The van der Waals surface area contributed by atoms with Crippen LogP contribution in [0.5, 0.6) is 0 Å². The van der Waals surface area contributed by atoms with E-state index < -0.39 is 12.2 Å². The smallest absolute Gasteiger partial charge is 0.309 e. The van der Waals surface area contributed by atoms with Crippen molar-refractivity contribution in [1.82, 2.24) is 0 Å². The average molecular weight is 611 g/mol. The molecule has 0 aliphatic carbocycles. The topological polar surface area (TPSA) is 113 Å². The van der Waals surface area contributed by atoms with E-state index in [-0.39, 0.29) is 48.5 Å². The fraction of sp³-hybridized carbons (Fsp3) is 0.944. The molecule has 2 unspecified atom stereocenters. The number of hydrogen-bond acceptors (Lipinski definition) is 7. The van der Waals surface area contributed by atoms with Crippen molar-refractivity contribution in [2.45, 2.75) is 211 Å². The highest BCUT2D eigenvalue weighted by Gasteiger charge is 2.35. The van der Waals surface area contributed by atoms with Gasteiger partial charge in [0, 0.05) is 6.42 Å². The Hall–Kier alpha value is -1.02. The fourth-order valence-electron chi connectivity index (χ4n) is 6.86. The van der Waals surface area contributed by atoms with Crippen LogP contribution in [0.15, 0.2) is 0 Å². The van der Waals surface area contributed by atoms with Gasteiger partial charge >= 0.3 is 5.97 Å². The van der Waals surface area contributed by atoms with Crippen LogP contribution in [-0.2, 0) is 19.1 Å². The number of unbranched alkanes of at least 4 members (excludes halogenated alkanes) is 13. The second kappa shape index (κ2) is 23.3. The third kappa shape index (κ3) is 17.3. The number of carbonyl (C=O) groups is 2. The van der Waals surface area contributed by atoms with E-state index in [4.69, 9.17) is 9.47 Å². The molecular formula is C36H66O7. The van der Waals surface area contributed by atoms with Crippen molar-refractivity contribution in [1.29, 1.82) is 0 Å². The molecule has 0 aromatic rings. The molecule has 0 bridgehead atoms. The lowest BCUT2D eigenvalue weighted by Gasteiger charge is -2.22. The summed E-state index contributed by atoms with van der Waals surface area (Å²) in [4.78, 5) is 23.1. The molecule has 252 valence electrons. The molecule has 0 spiro atoms. The predicted octanol–water partition coefficient (Wildman–Crippen LogP) is 7.74. The summed E-state index contributed by atoms with van der Waals surface area (Å²) in [6.45, 7) is 3.77. The number of carbonyl (C=O) groups excluding carboxylic acids is 2. The molecule has 2 aliphatic rings. The summed E-state index contributed by atoms with van der Waals surface area (Å²) in [6.07, 6.45) is 23.7. The number of ether oxygens (including phenoxy) is 2. The molecule has 0 amide bonds. The van der Waals surface area contributed by atoms with Crippen molar-refractivity contribution in [2.75, 3.05) is 0 Å². The van der Waals surface area contributed by atoms with E-state index in [0.29, 0.717) is 12.8 Å². The van der Waals surface area contributed by atoms with E-state index in [1.165, 1.54) is 71.1 Å². The van der Waals surface area contributed by atoms with Gasteiger partial charge in [-0.25, -0.2) is 0 Å². The zero-order chi connectivity index (χ0) is 31.3. The first-order valence-electron chi connectivity index (χ1n) is 18.2. The van der Waals surface area contributed by atoms with Crippen LogP contribution in [-0.4, -0.2) is 63.7 Å². The third-order valence-corrected chi connectivity index (χ3v) is 9.60. The van der Waals surface area contributed by atoms with E-state index in [1.807, 2.05) is 0 Å². The lowest BCUT2D eigenvalue weighted by atomic mass is 9.96. The summed E-state index contributed by atoms with van der Waals surface area (Å²) in [5.41, 5.74) is 0. The number of hydrogen-bond donors (Lipinski definition) is 3. The van der Waals surface area contributed by atoms with Crippen LogP contribution in [0, 0.1) is 5.92 Å². The molecule has 7 atom stereocenters. The summed E-state index contributed by atoms with van der Waals surface area (Å²) in [7, 11) is 0. The van der Waals surface area contributed by atoms with Gasteiger partial charge in [0.2, 0.25) is 0 Å². The average Bonchev–Trinajstić information content (AvgIpc) is 3.60. The number of cyclic esters (lactones) is 1. The Balaban J connectivity index is 1.41. The lowest BCUT2D eigenvalue weighted by molar-refractivity contribution is -0.145. The van der Waals surface area contributed by atoms with Gasteiger partial charge in [-0.2, -0.15) is 0 Å². The van der Waals surface area contributed by atoms with E-state index in [0.717, 1.165) is 77.0 Å². The second-order valence-corrected chi connectivity index (χ2v) is 13.7. The first-order valence-corrected chi connectivity index (χ1v) is 18.2. The molecular weight excluding hydrogens is 544 g/mol. The molecule has 7 heteroatoms. The third-order valence-electron chi connectivity index (χ3n) is 9.60. The SMILES string of the molecule is CCCCCCCCCCCCC[C@@H](O)[C@H]1CC[C@H]([C@H](O)CCCC[C@H](O)CCCCCC2CC(CC(C)=O)C(=O)O2)O1. The normalized spacial score (nSPS) is 24.3. The van der Waals surface area contributed by atoms with Crippen molar-refractivity contribution in [3.8, 4) is 0 Å². The van der Waals surface area contributed by atoms with E-state index in [1.54, 1.807) is 0 Å². The maximum Gasteiger partial charge on any atom is 0.309 e. The van der Waals surface area contributed by atoms with E-state index >= 15 is 0 Å². The van der Waals surface area contributed by atoms with Gasteiger partial charge in [-0.15, -0.1) is 0 Å². The Bertz CT molecular complexity index is 728. The molecule has 2 heterocycles. The summed E-state index contributed by atoms with van der Waals surface area (Å²) < 4.78 is 11.5. The summed E-state index contributed by atoms with van der Waals surface area (Å²) in [5, 5.41) is 31.6. The highest BCUT2D eigenvalue weighted by Crippen LogP contribution is 2.29. The molecule has 2 fully saturated rings.